The normalized spacial score (nSPS) is 11.0. The standard InChI is InChI=1S/C13H14F4/c1-4-5-6-8-10(14)12(16)9(7(2)3)13(17)11(8)15/h4,7H,1,5-6H2,2-3H3. The van der Waals surface area contributed by atoms with Crippen LogP contribution in [0.25, 0.3) is 0 Å². The fourth-order valence-electron chi connectivity index (χ4n) is 1.67. The molecule has 4 heteroatoms. The molecule has 0 aliphatic rings. The number of hydrogen-bond acceptors (Lipinski definition) is 0. The molecule has 0 spiro atoms. The highest BCUT2D eigenvalue weighted by Crippen LogP contribution is 2.29. The molecule has 0 aromatic heterocycles. The van der Waals surface area contributed by atoms with Gasteiger partial charge in [-0.15, -0.1) is 6.58 Å². The van der Waals surface area contributed by atoms with E-state index < -0.39 is 40.3 Å². The third kappa shape index (κ3) is 2.51. The minimum Gasteiger partial charge on any atom is -0.203 e. The largest absolute Gasteiger partial charge is 0.203 e. The predicted octanol–water partition coefficient (Wildman–Crippen LogP) is 4.49. The SMILES string of the molecule is C=CCCc1c(F)c(F)c(C(C)C)c(F)c1F. The van der Waals surface area contributed by atoms with Crippen LogP contribution in [0.1, 0.15) is 37.3 Å². The van der Waals surface area contributed by atoms with Gasteiger partial charge in [0.05, 0.1) is 0 Å². The molecule has 0 heterocycles. The Kier molecular flexibility index (Phi) is 4.32. The lowest BCUT2D eigenvalue weighted by atomic mass is 9.97. The molecule has 0 nitrogen and oxygen atoms in total. The monoisotopic (exact) mass is 246 g/mol. The van der Waals surface area contributed by atoms with Crippen LogP contribution in [0.2, 0.25) is 0 Å². The van der Waals surface area contributed by atoms with E-state index in [-0.39, 0.29) is 12.8 Å². The quantitative estimate of drug-likeness (QED) is 0.417. The van der Waals surface area contributed by atoms with Gasteiger partial charge in [-0.05, 0) is 18.8 Å². The molecule has 0 radical (unpaired) electrons. The molecule has 1 rings (SSSR count). The van der Waals surface area contributed by atoms with E-state index in [1.165, 1.54) is 19.9 Å². The van der Waals surface area contributed by atoms with Crippen LogP contribution >= 0.6 is 0 Å². The van der Waals surface area contributed by atoms with Gasteiger partial charge in [0.25, 0.3) is 0 Å². The molecule has 17 heavy (non-hydrogen) atoms. The Hall–Kier alpha value is -1.32. The van der Waals surface area contributed by atoms with E-state index in [2.05, 4.69) is 6.58 Å². The summed E-state index contributed by atoms with van der Waals surface area (Å²) in [5.41, 5.74) is -1.09. The van der Waals surface area contributed by atoms with Crippen molar-refractivity contribution in [3.8, 4) is 0 Å². The van der Waals surface area contributed by atoms with Crippen molar-refractivity contribution in [2.24, 2.45) is 0 Å². The number of halogens is 4. The molecule has 0 unspecified atom stereocenters. The lowest BCUT2D eigenvalue weighted by Crippen LogP contribution is -2.09. The predicted molar refractivity (Wildman–Crippen MR) is 58.9 cm³/mol. The van der Waals surface area contributed by atoms with Gasteiger partial charge in [-0.2, -0.15) is 0 Å². The molecule has 1 aromatic carbocycles. The lowest BCUT2D eigenvalue weighted by Gasteiger charge is -2.13. The fraction of sp³-hybridized carbons (Fsp3) is 0.385. The molecule has 0 amide bonds. The Balaban J connectivity index is 3.41. The van der Waals surface area contributed by atoms with E-state index in [4.69, 9.17) is 0 Å². The first-order chi connectivity index (χ1) is 7.91. The minimum atomic E-state index is -1.30. The first kappa shape index (κ1) is 13.7. The maximum atomic E-state index is 13.6. The second-order valence-corrected chi connectivity index (χ2v) is 4.13. The molecule has 1 aromatic rings. The van der Waals surface area contributed by atoms with Crippen molar-refractivity contribution in [2.45, 2.75) is 32.6 Å². The summed E-state index contributed by atoms with van der Waals surface area (Å²) in [6, 6.07) is 0. The van der Waals surface area contributed by atoms with Crippen LogP contribution in [0.15, 0.2) is 12.7 Å². The van der Waals surface area contributed by atoms with Gasteiger partial charge in [0, 0.05) is 11.1 Å². The molecular formula is C13H14F4. The molecule has 0 atom stereocenters. The van der Waals surface area contributed by atoms with Crippen molar-refractivity contribution in [2.75, 3.05) is 0 Å². The molecule has 0 saturated heterocycles. The summed E-state index contributed by atoms with van der Waals surface area (Å²) < 4.78 is 54.3. The highest BCUT2D eigenvalue weighted by atomic mass is 19.2. The van der Waals surface area contributed by atoms with E-state index in [0.29, 0.717) is 0 Å². The summed E-state index contributed by atoms with van der Waals surface area (Å²) in [7, 11) is 0. The first-order valence-corrected chi connectivity index (χ1v) is 5.37. The van der Waals surface area contributed by atoms with E-state index in [1.807, 2.05) is 0 Å². The van der Waals surface area contributed by atoms with E-state index >= 15 is 0 Å². The maximum absolute atomic E-state index is 13.6. The average molecular weight is 246 g/mol. The second-order valence-electron chi connectivity index (χ2n) is 4.13. The summed E-state index contributed by atoms with van der Waals surface area (Å²) in [5, 5.41) is 0. The summed E-state index contributed by atoms with van der Waals surface area (Å²) in [5.74, 6) is -5.80. The van der Waals surface area contributed by atoms with E-state index in [0.717, 1.165) is 0 Å². The fourth-order valence-corrected chi connectivity index (χ4v) is 1.67. The molecule has 0 bridgehead atoms. The smallest absolute Gasteiger partial charge is 0.165 e. The van der Waals surface area contributed by atoms with Crippen molar-refractivity contribution in [1.82, 2.24) is 0 Å². The molecule has 94 valence electrons. The molecule has 0 fully saturated rings. The Morgan fingerprint density at radius 2 is 1.47 bits per heavy atom. The number of allylic oxidation sites excluding steroid dienone is 1. The summed E-state index contributed by atoms with van der Waals surface area (Å²) in [6.07, 6.45) is 1.59. The van der Waals surface area contributed by atoms with Crippen molar-refractivity contribution < 1.29 is 17.6 Å². The van der Waals surface area contributed by atoms with Gasteiger partial charge in [-0.3, -0.25) is 0 Å². The second kappa shape index (κ2) is 5.34. The molecule has 0 aliphatic carbocycles. The number of benzene rings is 1. The van der Waals surface area contributed by atoms with Crippen LogP contribution in [0, 0.1) is 23.3 Å². The number of rotatable bonds is 4. The van der Waals surface area contributed by atoms with Crippen molar-refractivity contribution in [1.29, 1.82) is 0 Å². The Bertz CT molecular complexity index is 407. The Morgan fingerprint density at radius 1 is 1.00 bits per heavy atom. The average Bonchev–Trinajstić information content (AvgIpc) is 2.26. The van der Waals surface area contributed by atoms with Crippen LogP contribution in [-0.4, -0.2) is 0 Å². The Labute approximate surface area is 98.0 Å². The summed E-state index contributed by atoms with van der Waals surface area (Å²) >= 11 is 0. The van der Waals surface area contributed by atoms with Gasteiger partial charge in [0.15, 0.2) is 23.3 Å². The minimum absolute atomic E-state index is 0.104. The van der Waals surface area contributed by atoms with Gasteiger partial charge >= 0.3 is 0 Å². The zero-order valence-electron chi connectivity index (χ0n) is 9.79. The first-order valence-electron chi connectivity index (χ1n) is 5.37. The zero-order valence-corrected chi connectivity index (χ0v) is 9.79. The highest BCUT2D eigenvalue weighted by molar-refractivity contribution is 5.32. The Morgan fingerprint density at radius 3 is 1.82 bits per heavy atom. The summed E-state index contributed by atoms with van der Waals surface area (Å²) in [4.78, 5) is 0. The third-order valence-electron chi connectivity index (χ3n) is 2.56. The van der Waals surface area contributed by atoms with Gasteiger partial charge in [0.1, 0.15) is 0 Å². The molecular weight excluding hydrogens is 232 g/mol. The number of hydrogen-bond donors (Lipinski definition) is 0. The van der Waals surface area contributed by atoms with Gasteiger partial charge in [-0.1, -0.05) is 19.9 Å². The van der Waals surface area contributed by atoms with Gasteiger partial charge in [0.2, 0.25) is 0 Å². The van der Waals surface area contributed by atoms with Crippen molar-refractivity contribution in [3.63, 3.8) is 0 Å². The van der Waals surface area contributed by atoms with Crippen LogP contribution in [-0.2, 0) is 6.42 Å². The van der Waals surface area contributed by atoms with E-state index in [1.54, 1.807) is 0 Å². The molecule has 0 N–H and O–H groups in total. The zero-order chi connectivity index (χ0) is 13.2. The summed E-state index contributed by atoms with van der Waals surface area (Å²) in [6.45, 7) is 6.35. The van der Waals surface area contributed by atoms with Gasteiger partial charge < -0.3 is 0 Å². The lowest BCUT2D eigenvalue weighted by molar-refractivity contribution is 0.420. The van der Waals surface area contributed by atoms with Crippen LogP contribution < -0.4 is 0 Å². The van der Waals surface area contributed by atoms with Crippen LogP contribution in [0.3, 0.4) is 0 Å². The topological polar surface area (TPSA) is 0 Å². The van der Waals surface area contributed by atoms with Gasteiger partial charge in [-0.25, -0.2) is 17.6 Å². The van der Waals surface area contributed by atoms with Crippen LogP contribution in [0.4, 0.5) is 17.6 Å². The molecule has 0 saturated carbocycles. The van der Waals surface area contributed by atoms with Crippen molar-refractivity contribution in [3.05, 3.63) is 47.1 Å². The van der Waals surface area contributed by atoms with Crippen molar-refractivity contribution >= 4 is 0 Å². The maximum Gasteiger partial charge on any atom is 0.165 e. The highest BCUT2D eigenvalue weighted by Gasteiger charge is 2.25. The van der Waals surface area contributed by atoms with Crippen LogP contribution in [0.5, 0.6) is 0 Å². The third-order valence-corrected chi connectivity index (χ3v) is 2.56. The van der Waals surface area contributed by atoms with E-state index in [9.17, 15) is 17.6 Å². The molecule has 0 aliphatic heterocycles.